The quantitative estimate of drug-likeness (QED) is 0.487. The van der Waals surface area contributed by atoms with Gasteiger partial charge in [-0.2, -0.15) is 0 Å². The predicted octanol–water partition coefficient (Wildman–Crippen LogP) is 6.66. The van der Waals surface area contributed by atoms with Gasteiger partial charge in [-0.15, -0.1) is 0 Å². The van der Waals surface area contributed by atoms with Crippen molar-refractivity contribution in [3.8, 4) is 11.1 Å². The summed E-state index contributed by atoms with van der Waals surface area (Å²) in [6.45, 7) is 11.5. The second kappa shape index (κ2) is 7.63. The molecule has 0 saturated heterocycles. The Hall–Kier alpha value is -0.830. The van der Waals surface area contributed by atoms with Gasteiger partial charge in [-0.05, 0) is 82.5 Å². The standard InChI is InChI=1S/C21H27I/c1-14(2)10-17-12-16(5)13-18(11-15(3)4)21(17)19-8-6-7-9-20(19)22/h6-9,12-15H,10-11H2,1-5H3. The van der Waals surface area contributed by atoms with E-state index in [0.29, 0.717) is 11.8 Å². The molecule has 0 unspecified atom stereocenters. The number of halogens is 1. The molecule has 0 radical (unpaired) electrons. The van der Waals surface area contributed by atoms with Crippen LogP contribution in [0.3, 0.4) is 0 Å². The Labute approximate surface area is 149 Å². The van der Waals surface area contributed by atoms with Gasteiger partial charge >= 0.3 is 0 Å². The highest BCUT2D eigenvalue weighted by Gasteiger charge is 2.16. The molecule has 0 aromatic heterocycles. The predicted molar refractivity (Wildman–Crippen MR) is 106 cm³/mol. The number of rotatable bonds is 5. The van der Waals surface area contributed by atoms with Crippen LogP contribution in [0.4, 0.5) is 0 Å². The van der Waals surface area contributed by atoms with Crippen molar-refractivity contribution in [2.24, 2.45) is 11.8 Å². The normalized spacial score (nSPS) is 11.5. The van der Waals surface area contributed by atoms with E-state index in [1.165, 1.54) is 31.4 Å². The molecule has 0 aliphatic rings. The Morgan fingerprint density at radius 2 is 1.36 bits per heavy atom. The molecule has 0 bridgehead atoms. The monoisotopic (exact) mass is 406 g/mol. The van der Waals surface area contributed by atoms with Crippen LogP contribution < -0.4 is 0 Å². The average molecular weight is 406 g/mol. The summed E-state index contributed by atoms with van der Waals surface area (Å²) in [5.74, 6) is 1.35. The zero-order valence-electron chi connectivity index (χ0n) is 14.4. The van der Waals surface area contributed by atoms with Crippen molar-refractivity contribution in [3.05, 3.63) is 56.7 Å². The van der Waals surface area contributed by atoms with E-state index >= 15 is 0 Å². The van der Waals surface area contributed by atoms with Gasteiger partial charge in [0.25, 0.3) is 0 Å². The van der Waals surface area contributed by atoms with Crippen molar-refractivity contribution in [1.29, 1.82) is 0 Å². The third-order valence-electron chi connectivity index (χ3n) is 3.85. The van der Waals surface area contributed by atoms with Gasteiger partial charge in [0.05, 0.1) is 0 Å². The molecule has 2 aromatic rings. The van der Waals surface area contributed by atoms with Crippen LogP contribution in [-0.4, -0.2) is 0 Å². The van der Waals surface area contributed by atoms with Crippen LogP contribution in [0.25, 0.3) is 11.1 Å². The summed E-state index contributed by atoms with van der Waals surface area (Å²) in [5, 5.41) is 0. The van der Waals surface area contributed by atoms with E-state index in [2.05, 4.69) is 93.6 Å². The lowest BCUT2D eigenvalue weighted by Gasteiger charge is -2.20. The van der Waals surface area contributed by atoms with Crippen molar-refractivity contribution >= 4 is 22.6 Å². The lowest BCUT2D eigenvalue weighted by atomic mass is 9.85. The first-order chi connectivity index (χ1) is 10.4. The molecule has 0 amide bonds. The second-order valence-corrected chi connectivity index (χ2v) is 8.30. The van der Waals surface area contributed by atoms with E-state index in [1.54, 1.807) is 0 Å². The van der Waals surface area contributed by atoms with Gasteiger partial charge < -0.3 is 0 Å². The lowest BCUT2D eigenvalue weighted by molar-refractivity contribution is 0.637. The highest BCUT2D eigenvalue weighted by Crippen LogP contribution is 2.35. The van der Waals surface area contributed by atoms with Crippen LogP contribution in [0, 0.1) is 22.3 Å². The van der Waals surface area contributed by atoms with Gasteiger partial charge in [0.2, 0.25) is 0 Å². The molecular formula is C21H27I. The maximum atomic E-state index is 2.47. The highest BCUT2D eigenvalue weighted by atomic mass is 127. The molecule has 2 aromatic carbocycles. The minimum Gasteiger partial charge on any atom is -0.0625 e. The van der Waals surface area contributed by atoms with Crippen molar-refractivity contribution in [2.75, 3.05) is 0 Å². The van der Waals surface area contributed by atoms with E-state index in [-0.39, 0.29) is 0 Å². The molecule has 0 N–H and O–H groups in total. The zero-order chi connectivity index (χ0) is 16.3. The van der Waals surface area contributed by atoms with Crippen LogP contribution in [0.2, 0.25) is 0 Å². The maximum Gasteiger partial charge on any atom is 0.0208 e. The molecule has 0 fully saturated rings. The summed E-state index contributed by atoms with van der Waals surface area (Å²) in [5.41, 5.74) is 7.29. The zero-order valence-corrected chi connectivity index (χ0v) is 16.6. The Kier molecular flexibility index (Phi) is 6.08. The van der Waals surface area contributed by atoms with Gasteiger partial charge in [-0.1, -0.05) is 63.6 Å². The molecule has 2 rings (SSSR count). The summed E-state index contributed by atoms with van der Waals surface area (Å²) >= 11 is 2.47. The van der Waals surface area contributed by atoms with Crippen molar-refractivity contribution in [2.45, 2.75) is 47.5 Å². The first-order valence-electron chi connectivity index (χ1n) is 8.25. The van der Waals surface area contributed by atoms with Gasteiger partial charge in [0.1, 0.15) is 0 Å². The average Bonchev–Trinajstić information content (AvgIpc) is 2.38. The second-order valence-electron chi connectivity index (χ2n) is 7.13. The SMILES string of the molecule is Cc1cc(CC(C)C)c(-c2ccccc2I)c(CC(C)C)c1. The van der Waals surface area contributed by atoms with Crippen molar-refractivity contribution in [1.82, 2.24) is 0 Å². The van der Waals surface area contributed by atoms with Crippen molar-refractivity contribution < 1.29 is 0 Å². The molecular weight excluding hydrogens is 379 g/mol. The van der Waals surface area contributed by atoms with E-state index in [0.717, 1.165) is 12.8 Å². The molecule has 0 atom stereocenters. The number of hydrogen-bond acceptors (Lipinski definition) is 0. The minimum absolute atomic E-state index is 0.675. The Morgan fingerprint density at radius 3 is 1.82 bits per heavy atom. The molecule has 0 saturated carbocycles. The summed E-state index contributed by atoms with van der Waals surface area (Å²) in [6.07, 6.45) is 2.29. The van der Waals surface area contributed by atoms with Gasteiger partial charge in [-0.3, -0.25) is 0 Å². The third-order valence-corrected chi connectivity index (χ3v) is 4.79. The molecule has 0 aliphatic carbocycles. The smallest absolute Gasteiger partial charge is 0.0208 e. The number of hydrogen-bond donors (Lipinski definition) is 0. The van der Waals surface area contributed by atoms with Crippen LogP contribution in [0.15, 0.2) is 36.4 Å². The van der Waals surface area contributed by atoms with Gasteiger partial charge in [-0.25, -0.2) is 0 Å². The molecule has 0 heterocycles. The third kappa shape index (κ3) is 4.34. The van der Waals surface area contributed by atoms with Crippen molar-refractivity contribution in [3.63, 3.8) is 0 Å². The summed E-state index contributed by atoms with van der Waals surface area (Å²) in [6, 6.07) is 13.6. The van der Waals surface area contributed by atoms with Crippen LogP contribution in [0.5, 0.6) is 0 Å². The van der Waals surface area contributed by atoms with Crippen LogP contribution in [-0.2, 0) is 12.8 Å². The summed E-state index contributed by atoms with van der Waals surface area (Å²) in [7, 11) is 0. The van der Waals surface area contributed by atoms with E-state index < -0.39 is 0 Å². The molecule has 0 aliphatic heterocycles. The largest absolute Gasteiger partial charge is 0.0625 e. The molecule has 0 nitrogen and oxygen atoms in total. The van der Waals surface area contributed by atoms with E-state index in [4.69, 9.17) is 0 Å². The molecule has 1 heteroatoms. The molecule has 22 heavy (non-hydrogen) atoms. The Morgan fingerprint density at radius 1 is 0.864 bits per heavy atom. The fourth-order valence-electron chi connectivity index (χ4n) is 3.15. The Bertz CT molecular complexity index is 607. The fraction of sp³-hybridized carbons (Fsp3) is 0.429. The maximum absolute atomic E-state index is 2.47. The topological polar surface area (TPSA) is 0 Å². The van der Waals surface area contributed by atoms with E-state index in [1.807, 2.05) is 0 Å². The van der Waals surface area contributed by atoms with Gasteiger partial charge in [0, 0.05) is 3.57 Å². The summed E-state index contributed by atoms with van der Waals surface area (Å²) in [4.78, 5) is 0. The lowest BCUT2D eigenvalue weighted by Crippen LogP contribution is -2.05. The molecule has 0 spiro atoms. The number of benzene rings is 2. The van der Waals surface area contributed by atoms with Crippen LogP contribution >= 0.6 is 22.6 Å². The van der Waals surface area contributed by atoms with E-state index in [9.17, 15) is 0 Å². The molecule has 118 valence electrons. The fourth-order valence-corrected chi connectivity index (χ4v) is 3.81. The Balaban J connectivity index is 2.68. The first-order valence-corrected chi connectivity index (χ1v) is 9.33. The minimum atomic E-state index is 0.675. The highest BCUT2D eigenvalue weighted by molar-refractivity contribution is 14.1. The summed E-state index contributed by atoms with van der Waals surface area (Å²) < 4.78 is 1.35. The van der Waals surface area contributed by atoms with Gasteiger partial charge in [0.15, 0.2) is 0 Å². The number of aryl methyl sites for hydroxylation is 1. The first kappa shape index (κ1) is 17.5. The van der Waals surface area contributed by atoms with Crippen LogP contribution in [0.1, 0.15) is 44.4 Å².